The standard InChI is InChI=1S/C25H32N4O3/c1-2-3-4-10-23(30)28-22-9-7-8-21(17-22)26-18-24(31)27-20-13-11-19(12-14-20)25(32)29-15-5-6-16-29/h7-9,11-14,17,26H,2-6,10,15-16,18H2,1H3,(H,27,31)(H,28,30). The molecular weight excluding hydrogens is 404 g/mol. The maximum absolute atomic E-state index is 12.4. The van der Waals surface area contributed by atoms with E-state index >= 15 is 0 Å². The van der Waals surface area contributed by atoms with Crippen molar-refractivity contribution < 1.29 is 14.4 Å². The van der Waals surface area contributed by atoms with Gasteiger partial charge in [-0.05, 0) is 61.7 Å². The van der Waals surface area contributed by atoms with Crippen LogP contribution in [0.15, 0.2) is 48.5 Å². The Balaban J connectivity index is 1.45. The van der Waals surface area contributed by atoms with Gasteiger partial charge in [0.05, 0.1) is 6.54 Å². The van der Waals surface area contributed by atoms with E-state index in [0.29, 0.717) is 23.4 Å². The van der Waals surface area contributed by atoms with Gasteiger partial charge in [-0.3, -0.25) is 14.4 Å². The second kappa shape index (κ2) is 11.9. The molecule has 7 heteroatoms. The molecule has 2 aromatic carbocycles. The van der Waals surface area contributed by atoms with E-state index in [4.69, 9.17) is 0 Å². The van der Waals surface area contributed by atoms with Gasteiger partial charge >= 0.3 is 0 Å². The van der Waals surface area contributed by atoms with Crippen LogP contribution in [0.4, 0.5) is 17.1 Å². The molecule has 0 saturated carbocycles. The molecule has 1 aliphatic heterocycles. The summed E-state index contributed by atoms with van der Waals surface area (Å²) in [4.78, 5) is 38.6. The van der Waals surface area contributed by atoms with Crippen LogP contribution in [-0.2, 0) is 9.59 Å². The predicted octanol–water partition coefficient (Wildman–Crippen LogP) is 4.49. The van der Waals surface area contributed by atoms with Crippen LogP contribution >= 0.6 is 0 Å². The number of carbonyl (C=O) groups is 3. The summed E-state index contributed by atoms with van der Waals surface area (Å²) in [5.41, 5.74) is 2.73. The van der Waals surface area contributed by atoms with Gasteiger partial charge in [-0.25, -0.2) is 0 Å². The monoisotopic (exact) mass is 436 g/mol. The highest BCUT2D eigenvalue weighted by atomic mass is 16.2. The van der Waals surface area contributed by atoms with Gasteiger partial charge in [0.15, 0.2) is 0 Å². The number of hydrogen-bond donors (Lipinski definition) is 3. The molecule has 170 valence electrons. The zero-order chi connectivity index (χ0) is 22.8. The number of nitrogens with zero attached hydrogens (tertiary/aromatic N) is 1. The SMILES string of the molecule is CCCCCC(=O)Nc1cccc(NCC(=O)Nc2ccc(C(=O)N3CCCC3)cc2)c1. The van der Waals surface area contributed by atoms with Crippen LogP contribution in [-0.4, -0.2) is 42.3 Å². The summed E-state index contributed by atoms with van der Waals surface area (Å²) in [7, 11) is 0. The van der Waals surface area contributed by atoms with Gasteiger partial charge in [0.1, 0.15) is 0 Å². The van der Waals surface area contributed by atoms with Crippen molar-refractivity contribution in [3.8, 4) is 0 Å². The highest BCUT2D eigenvalue weighted by Crippen LogP contribution is 2.17. The minimum absolute atomic E-state index is 0.00000255. The molecule has 1 aliphatic rings. The lowest BCUT2D eigenvalue weighted by atomic mass is 10.2. The summed E-state index contributed by atoms with van der Waals surface area (Å²) in [6.45, 7) is 3.82. The fourth-order valence-corrected chi connectivity index (χ4v) is 3.65. The maximum atomic E-state index is 12.4. The molecule has 1 heterocycles. The van der Waals surface area contributed by atoms with E-state index in [1.807, 2.05) is 29.2 Å². The quantitative estimate of drug-likeness (QED) is 0.479. The second-order valence-electron chi connectivity index (χ2n) is 8.06. The first kappa shape index (κ1) is 23.3. The third-order valence-corrected chi connectivity index (χ3v) is 5.42. The van der Waals surface area contributed by atoms with Crippen LogP contribution < -0.4 is 16.0 Å². The Hall–Kier alpha value is -3.35. The number of likely N-dealkylation sites (tertiary alicyclic amines) is 1. The second-order valence-corrected chi connectivity index (χ2v) is 8.06. The van der Waals surface area contributed by atoms with Crippen molar-refractivity contribution in [2.75, 3.05) is 35.6 Å². The summed E-state index contributed by atoms with van der Waals surface area (Å²) < 4.78 is 0. The van der Waals surface area contributed by atoms with Gasteiger partial charge in [-0.15, -0.1) is 0 Å². The first-order chi connectivity index (χ1) is 15.5. The van der Waals surface area contributed by atoms with Gasteiger partial charge < -0.3 is 20.9 Å². The Morgan fingerprint density at radius 3 is 2.25 bits per heavy atom. The maximum Gasteiger partial charge on any atom is 0.253 e. The average molecular weight is 437 g/mol. The lowest BCUT2D eigenvalue weighted by molar-refractivity contribution is -0.116. The smallest absolute Gasteiger partial charge is 0.253 e. The predicted molar refractivity (Wildman–Crippen MR) is 128 cm³/mol. The van der Waals surface area contributed by atoms with E-state index in [2.05, 4.69) is 22.9 Å². The minimum atomic E-state index is -0.197. The third-order valence-electron chi connectivity index (χ3n) is 5.42. The Kier molecular flexibility index (Phi) is 8.66. The first-order valence-corrected chi connectivity index (χ1v) is 11.4. The molecule has 0 bridgehead atoms. The van der Waals surface area contributed by atoms with E-state index in [1.165, 1.54) is 0 Å². The van der Waals surface area contributed by atoms with Crippen LogP contribution in [0.1, 0.15) is 55.8 Å². The highest BCUT2D eigenvalue weighted by Gasteiger charge is 2.19. The number of carbonyl (C=O) groups excluding carboxylic acids is 3. The summed E-state index contributed by atoms with van der Waals surface area (Å²) in [6.07, 6.45) is 5.63. The molecule has 1 fully saturated rings. The van der Waals surface area contributed by atoms with Crippen LogP contribution in [0.3, 0.4) is 0 Å². The molecule has 0 unspecified atom stereocenters. The molecule has 0 spiro atoms. The normalized spacial score (nSPS) is 13.0. The molecule has 3 N–H and O–H groups in total. The molecule has 2 aromatic rings. The number of nitrogens with one attached hydrogen (secondary N) is 3. The number of amides is 3. The summed E-state index contributed by atoms with van der Waals surface area (Å²) in [5.74, 6) is -0.156. The van der Waals surface area contributed by atoms with Crippen LogP contribution in [0.5, 0.6) is 0 Å². The average Bonchev–Trinajstić information content (AvgIpc) is 3.33. The molecule has 7 nitrogen and oxygen atoms in total. The van der Waals surface area contributed by atoms with E-state index in [-0.39, 0.29) is 24.3 Å². The fraction of sp³-hybridized carbons (Fsp3) is 0.400. The van der Waals surface area contributed by atoms with Crippen molar-refractivity contribution in [1.29, 1.82) is 0 Å². The van der Waals surface area contributed by atoms with Gasteiger partial charge in [0.2, 0.25) is 11.8 Å². The first-order valence-electron chi connectivity index (χ1n) is 11.4. The molecule has 0 aliphatic carbocycles. The topological polar surface area (TPSA) is 90.5 Å². The van der Waals surface area contributed by atoms with Crippen molar-refractivity contribution in [3.05, 3.63) is 54.1 Å². The third kappa shape index (κ3) is 7.11. The number of anilines is 3. The van der Waals surface area contributed by atoms with Gasteiger partial charge in [-0.1, -0.05) is 25.8 Å². The van der Waals surface area contributed by atoms with Crippen LogP contribution in [0.2, 0.25) is 0 Å². The van der Waals surface area contributed by atoms with Crippen molar-refractivity contribution in [3.63, 3.8) is 0 Å². The van der Waals surface area contributed by atoms with E-state index < -0.39 is 0 Å². The largest absolute Gasteiger partial charge is 0.376 e. The van der Waals surface area contributed by atoms with Gasteiger partial charge in [0.25, 0.3) is 5.91 Å². The zero-order valence-corrected chi connectivity index (χ0v) is 18.7. The molecule has 0 atom stereocenters. The summed E-state index contributed by atoms with van der Waals surface area (Å²) in [5, 5.41) is 8.79. The summed E-state index contributed by atoms with van der Waals surface area (Å²) in [6, 6.07) is 14.3. The minimum Gasteiger partial charge on any atom is -0.376 e. The van der Waals surface area contributed by atoms with Gasteiger partial charge in [0, 0.05) is 42.1 Å². The molecule has 3 amide bonds. The summed E-state index contributed by atoms with van der Waals surface area (Å²) >= 11 is 0. The van der Waals surface area contributed by atoms with Crippen molar-refractivity contribution in [1.82, 2.24) is 4.90 Å². The number of hydrogen-bond acceptors (Lipinski definition) is 4. The van der Waals surface area contributed by atoms with Crippen molar-refractivity contribution >= 4 is 34.8 Å². The molecule has 3 rings (SSSR count). The number of benzene rings is 2. The molecule has 0 aromatic heterocycles. The number of unbranched alkanes of at least 4 members (excludes halogenated alkanes) is 2. The molecule has 1 saturated heterocycles. The fourth-order valence-electron chi connectivity index (χ4n) is 3.65. The Labute approximate surface area is 189 Å². The molecule has 0 radical (unpaired) electrons. The van der Waals surface area contributed by atoms with E-state index in [9.17, 15) is 14.4 Å². The number of rotatable bonds is 10. The van der Waals surface area contributed by atoms with Crippen LogP contribution in [0, 0.1) is 0 Å². The van der Waals surface area contributed by atoms with Crippen molar-refractivity contribution in [2.24, 2.45) is 0 Å². The van der Waals surface area contributed by atoms with E-state index in [0.717, 1.165) is 50.9 Å². The zero-order valence-electron chi connectivity index (χ0n) is 18.7. The lowest BCUT2D eigenvalue weighted by Gasteiger charge is -2.15. The highest BCUT2D eigenvalue weighted by molar-refractivity contribution is 5.97. The molecular formula is C25H32N4O3. The Bertz CT molecular complexity index is 921. The van der Waals surface area contributed by atoms with E-state index in [1.54, 1.807) is 24.3 Å². The van der Waals surface area contributed by atoms with Crippen LogP contribution in [0.25, 0.3) is 0 Å². The Morgan fingerprint density at radius 1 is 0.844 bits per heavy atom. The van der Waals surface area contributed by atoms with Gasteiger partial charge in [-0.2, -0.15) is 0 Å². The van der Waals surface area contributed by atoms with Crippen molar-refractivity contribution in [2.45, 2.75) is 45.4 Å². The lowest BCUT2D eigenvalue weighted by Crippen LogP contribution is -2.27. The Morgan fingerprint density at radius 2 is 1.53 bits per heavy atom. The molecule has 32 heavy (non-hydrogen) atoms.